The highest BCUT2D eigenvalue weighted by Gasteiger charge is 2.40. The van der Waals surface area contributed by atoms with Gasteiger partial charge in [0.25, 0.3) is 0 Å². The van der Waals surface area contributed by atoms with Crippen molar-refractivity contribution in [2.24, 2.45) is 0 Å². The maximum absolute atomic E-state index is 14.4. The van der Waals surface area contributed by atoms with Crippen molar-refractivity contribution in [3.63, 3.8) is 0 Å². The summed E-state index contributed by atoms with van der Waals surface area (Å²) in [6.07, 6.45) is 8.00. The van der Waals surface area contributed by atoms with Crippen molar-refractivity contribution in [3.8, 4) is 11.6 Å². The van der Waals surface area contributed by atoms with Gasteiger partial charge in [0.2, 0.25) is 0 Å². The third kappa shape index (κ3) is 2.62. The molecule has 2 aromatic carbocycles. The van der Waals surface area contributed by atoms with Crippen LogP contribution in [0, 0.1) is 5.82 Å². The van der Waals surface area contributed by atoms with Gasteiger partial charge in [-0.3, -0.25) is 0 Å². The van der Waals surface area contributed by atoms with Gasteiger partial charge < -0.3 is 0 Å². The van der Waals surface area contributed by atoms with Gasteiger partial charge >= 0.3 is 0 Å². The molecule has 0 aliphatic heterocycles. The van der Waals surface area contributed by atoms with E-state index in [2.05, 4.69) is 26.0 Å². The van der Waals surface area contributed by atoms with Gasteiger partial charge in [-0.15, -0.1) is 0 Å². The molecule has 26 heavy (non-hydrogen) atoms. The standard InChI is InChI=1S/C21H15FN4/c22-19-9-14(8-13-4-1-2-5-16(13)19)17-10-18(17)15-11-25-21(26-12-15)20-23-6-3-7-24-20/h1-9,11-12,17-18H,10H2. The predicted octanol–water partition coefficient (Wildman–Crippen LogP) is 4.50. The lowest BCUT2D eigenvalue weighted by molar-refractivity contribution is 0.637. The van der Waals surface area contributed by atoms with Gasteiger partial charge in [0.05, 0.1) is 0 Å². The lowest BCUT2D eigenvalue weighted by Gasteiger charge is -2.06. The fraction of sp³-hybridized carbons (Fsp3) is 0.143. The smallest absolute Gasteiger partial charge is 0.197 e. The van der Waals surface area contributed by atoms with Crippen LogP contribution >= 0.6 is 0 Å². The zero-order valence-electron chi connectivity index (χ0n) is 13.9. The van der Waals surface area contributed by atoms with Crippen LogP contribution in [0.3, 0.4) is 0 Å². The molecule has 5 heteroatoms. The Hall–Kier alpha value is -3.21. The third-order valence-electron chi connectivity index (χ3n) is 4.92. The molecular weight excluding hydrogens is 327 g/mol. The largest absolute Gasteiger partial charge is 0.234 e. The second-order valence-corrected chi connectivity index (χ2v) is 6.58. The molecule has 2 atom stereocenters. The zero-order valence-corrected chi connectivity index (χ0v) is 13.9. The summed E-state index contributed by atoms with van der Waals surface area (Å²) in [4.78, 5) is 17.1. The molecule has 5 rings (SSSR count). The summed E-state index contributed by atoms with van der Waals surface area (Å²) in [5, 5.41) is 1.62. The quantitative estimate of drug-likeness (QED) is 0.550. The molecule has 1 fully saturated rings. The van der Waals surface area contributed by atoms with E-state index >= 15 is 0 Å². The second kappa shape index (κ2) is 5.95. The molecule has 1 saturated carbocycles. The van der Waals surface area contributed by atoms with E-state index in [1.165, 1.54) is 0 Å². The fourth-order valence-corrected chi connectivity index (χ4v) is 3.49. The summed E-state index contributed by atoms with van der Waals surface area (Å²) in [5.41, 5.74) is 2.12. The SMILES string of the molecule is Fc1cc(C2CC2c2cnc(-c3ncccn3)nc2)cc2ccccc12. The summed E-state index contributed by atoms with van der Waals surface area (Å²) in [7, 11) is 0. The minimum absolute atomic E-state index is 0.156. The van der Waals surface area contributed by atoms with Gasteiger partial charge in [0.1, 0.15) is 5.82 Å². The number of rotatable bonds is 3. The van der Waals surface area contributed by atoms with Crippen LogP contribution in [-0.2, 0) is 0 Å². The maximum Gasteiger partial charge on any atom is 0.197 e. The lowest BCUT2D eigenvalue weighted by atomic mass is 10.0. The summed E-state index contributed by atoms with van der Waals surface area (Å²) < 4.78 is 14.4. The molecule has 0 spiro atoms. The molecule has 1 aliphatic rings. The predicted molar refractivity (Wildman–Crippen MR) is 97.1 cm³/mol. The number of aromatic nitrogens is 4. The lowest BCUT2D eigenvalue weighted by Crippen LogP contribution is -1.96. The minimum Gasteiger partial charge on any atom is -0.234 e. The first-order chi connectivity index (χ1) is 12.8. The van der Waals surface area contributed by atoms with Gasteiger partial charge in [-0.1, -0.05) is 30.3 Å². The molecule has 2 unspecified atom stereocenters. The normalized spacial score (nSPS) is 18.8. The highest BCUT2D eigenvalue weighted by Crippen LogP contribution is 2.54. The summed E-state index contributed by atoms with van der Waals surface area (Å²) in [5.74, 6) is 1.53. The first kappa shape index (κ1) is 15.1. The Balaban J connectivity index is 1.40. The number of nitrogens with zero attached hydrogens (tertiary/aromatic N) is 4. The van der Waals surface area contributed by atoms with Crippen LogP contribution in [-0.4, -0.2) is 19.9 Å². The average Bonchev–Trinajstić information content (AvgIpc) is 3.50. The summed E-state index contributed by atoms with van der Waals surface area (Å²) in [6, 6.07) is 13.1. The van der Waals surface area contributed by atoms with E-state index in [0.717, 1.165) is 22.9 Å². The van der Waals surface area contributed by atoms with E-state index < -0.39 is 0 Å². The fourth-order valence-electron chi connectivity index (χ4n) is 3.49. The second-order valence-electron chi connectivity index (χ2n) is 6.58. The molecule has 0 radical (unpaired) electrons. The molecule has 126 valence electrons. The van der Waals surface area contributed by atoms with Crippen molar-refractivity contribution >= 4 is 10.8 Å². The van der Waals surface area contributed by atoms with E-state index in [1.54, 1.807) is 24.5 Å². The zero-order chi connectivity index (χ0) is 17.5. The first-order valence-electron chi connectivity index (χ1n) is 8.57. The maximum atomic E-state index is 14.4. The van der Waals surface area contributed by atoms with Gasteiger partial charge in [-0.25, -0.2) is 24.3 Å². The molecule has 4 aromatic rings. The van der Waals surface area contributed by atoms with Gasteiger partial charge in [-0.2, -0.15) is 0 Å². The molecule has 4 nitrogen and oxygen atoms in total. The monoisotopic (exact) mass is 342 g/mol. The number of hydrogen-bond donors (Lipinski definition) is 0. The third-order valence-corrected chi connectivity index (χ3v) is 4.92. The Morgan fingerprint density at radius 2 is 1.46 bits per heavy atom. The summed E-state index contributed by atoms with van der Waals surface area (Å²) in [6.45, 7) is 0. The van der Waals surface area contributed by atoms with Crippen LogP contribution in [0.1, 0.15) is 29.4 Å². The van der Waals surface area contributed by atoms with E-state index in [9.17, 15) is 4.39 Å². The van der Waals surface area contributed by atoms with Crippen LogP contribution in [0.15, 0.2) is 67.3 Å². The van der Waals surface area contributed by atoms with Crippen molar-refractivity contribution in [2.45, 2.75) is 18.3 Å². The van der Waals surface area contributed by atoms with E-state index in [1.807, 2.05) is 36.7 Å². The average molecular weight is 342 g/mol. The van der Waals surface area contributed by atoms with Crippen molar-refractivity contribution in [3.05, 3.63) is 84.2 Å². The number of fused-ring (bicyclic) bond motifs is 1. The highest BCUT2D eigenvalue weighted by atomic mass is 19.1. The van der Waals surface area contributed by atoms with Crippen LogP contribution in [0.25, 0.3) is 22.4 Å². The number of benzene rings is 2. The van der Waals surface area contributed by atoms with Gasteiger partial charge in [0, 0.05) is 30.2 Å². The number of halogens is 1. The van der Waals surface area contributed by atoms with E-state index in [4.69, 9.17) is 0 Å². The topological polar surface area (TPSA) is 51.6 Å². The van der Waals surface area contributed by atoms with Crippen LogP contribution < -0.4 is 0 Å². The first-order valence-corrected chi connectivity index (χ1v) is 8.57. The van der Waals surface area contributed by atoms with Crippen molar-refractivity contribution in [1.82, 2.24) is 19.9 Å². The Morgan fingerprint density at radius 1 is 0.769 bits per heavy atom. The Bertz CT molecular complexity index is 1080. The Kier molecular flexibility index (Phi) is 3.45. The highest BCUT2D eigenvalue weighted by molar-refractivity contribution is 5.84. The molecule has 2 aromatic heterocycles. The van der Waals surface area contributed by atoms with Crippen molar-refractivity contribution in [1.29, 1.82) is 0 Å². The van der Waals surface area contributed by atoms with Crippen LogP contribution in [0.5, 0.6) is 0 Å². The molecule has 2 heterocycles. The molecule has 0 bridgehead atoms. The molecule has 0 N–H and O–H groups in total. The van der Waals surface area contributed by atoms with Crippen LogP contribution in [0.2, 0.25) is 0 Å². The van der Waals surface area contributed by atoms with Crippen LogP contribution in [0.4, 0.5) is 4.39 Å². The van der Waals surface area contributed by atoms with Gasteiger partial charge in [0.15, 0.2) is 11.6 Å². The van der Waals surface area contributed by atoms with Gasteiger partial charge in [-0.05, 0) is 46.9 Å². The molecular formula is C21H15FN4. The molecule has 1 aliphatic carbocycles. The van der Waals surface area contributed by atoms with Crippen molar-refractivity contribution in [2.75, 3.05) is 0 Å². The Labute approximate surface area is 149 Å². The van der Waals surface area contributed by atoms with E-state index in [0.29, 0.717) is 28.9 Å². The van der Waals surface area contributed by atoms with E-state index in [-0.39, 0.29) is 5.82 Å². The van der Waals surface area contributed by atoms with Crippen molar-refractivity contribution < 1.29 is 4.39 Å². The minimum atomic E-state index is -0.156. The Morgan fingerprint density at radius 3 is 2.27 bits per heavy atom. The molecule has 0 saturated heterocycles. The number of hydrogen-bond acceptors (Lipinski definition) is 4. The summed E-state index contributed by atoms with van der Waals surface area (Å²) >= 11 is 0. The molecule has 0 amide bonds.